The van der Waals surface area contributed by atoms with E-state index in [2.05, 4.69) is 10.3 Å². The summed E-state index contributed by atoms with van der Waals surface area (Å²) in [4.78, 5) is 5.04. The van der Waals surface area contributed by atoms with Gasteiger partial charge in [0.1, 0.15) is 0 Å². The molecule has 122 valence electrons. The highest BCUT2D eigenvalue weighted by molar-refractivity contribution is 7.85. The largest absolute Gasteiger partial charge is 0.380 e. The summed E-state index contributed by atoms with van der Waals surface area (Å²) in [7, 11) is 0.582. The number of ether oxygens (including phenoxy) is 1. The van der Waals surface area contributed by atoms with Crippen molar-refractivity contribution in [1.82, 2.24) is 0 Å². The van der Waals surface area contributed by atoms with Gasteiger partial charge < -0.3 is 15.8 Å². The molecule has 0 aliphatic rings. The molecule has 1 atom stereocenters. The van der Waals surface area contributed by atoms with Gasteiger partial charge in [-0.05, 0) is 18.2 Å². The maximum atomic E-state index is 12.1. The zero-order valence-corrected chi connectivity index (χ0v) is 13.9. The van der Waals surface area contributed by atoms with Gasteiger partial charge in [-0.25, -0.2) is 0 Å². The number of anilines is 1. The predicted octanol–water partition coefficient (Wildman–Crippen LogP) is 2.37. The summed E-state index contributed by atoms with van der Waals surface area (Å²) in [6.07, 6.45) is 0. The van der Waals surface area contributed by atoms with E-state index in [1.54, 1.807) is 7.11 Å². The van der Waals surface area contributed by atoms with E-state index in [1.165, 1.54) is 0 Å². The predicted molar refractivity (Wildman–Crippen MR) is 95.0 cm³/mol. The highest BCUT2D eigenvalue weighted by Gasteiger charge is 2.04. The molecule has 0 heterocycles. The van der Waals surface area contributed by atoms with Gasteiger partial charge in [0.25, 0.3) is 0 Å². The van der Waals surface area contributed by atoms with E-state index >= 15 is 0 Å². The first kappa shape index (κ1) is 17.2. The third kappa shape index (κ3) is 5.50. The lowest BCUT2D eigenvalue weighted by Gasteiger charge is -2.10. The van der Waals surface area contributed by atoms with Crippen LogP contribution in [0.25, 0.3) is 0 Å². The van der Waals surface area contributed by atoms with Gasteiger partial charge in [-0.2, -0.15) is 0 Å². The van der Waals surface area contributed by atoms with Gasteiger partial charge in [0, 0.05) is 29.0 Å². The first-order valence-corrected chi connectivity index (χ1v) is 8.60. The first-order valence-electron chi connectivity index (χ1n) is 7.28. The molecule has 23 heavy (non-hydrogen) atoms. The van der Waals surface area contributed by atoms with E-state index in [4.69, 9.17) is 10.5 Å². The van der Waals surface area contributed by atoms with Crippen LogP contribution in [-0.2, 0) is 22.1 Å². The molecule has 2 aromatic rings. The molecule has 2 aromatic carbocycles. The number of guanidine groups is 1. The fraction of sp³-hybridized carbons (Fsp3) is 0.235. The van der Waals surface area contributed by atoms with Crippen LogP contribution in [0.4, 0.5) is 5.69 Å². The van der Waals surface area contributed by atoms with Crippen LogP contribution in [0.1, 0.15) is 5.56 Å². The van der Waals surface area contributed by atoms with Crippen LogP contribution >= 0.6 is 0 Å². The van der Waals surface area contributed by atoms with E-state index in [-0.39, 0.29) is 0 Å². The average Bonchev–Trinajstić information content (AvgIpc) is 2.57. The van der Waals surface area contributed by atoms with Crippen molar-refractivity contribution < 1.29 is 8.95 Å². The van der Waals surface area contributed by atoms with Crippen LogP contribution in [0.5, 0.6) is 0 Å². The fourth-order valence-corrected chi connectivity index (χ4v) is 2.99. The molecule has 0 amide bonds. The Hall–Kier alpha value is -2.18. The number of nitrogens with two attached hydrogens (primary N) is 1. The van der Waals surface area contributed by atoms with Crippen molar-refractivity contribution in [2.75, 3.05) is 24.7 Å². The molecular weight excluding hydrogens is 310 g/mol. The topological polar surface area (TPSA) is 76.7 Å². The van der Waals surface area contributed by atoms with Crippen molar-refractivity contribution in [3.8, 4) is 0 Å². The van der Waals surface area contributed by atoms with Crippen LogP contribution in [0.2, 0.25) is 0 Å². The molecule has 0 aliphatic heterocycles. The van der Waals surface area contributed by atoms with Gasteiger partial charge in [0.05, 0.1) is 24.0 Å². The number of hydrogen-bond donors (Lipinski definition) is 2. The molecule has 1 unspecified atom stereocenters. The van der Waals surface area contributed by atoms with Crippen molar-refractivity contribution in [3.05, 3.63) is 60.2 Å². The van der Waals surface area contributed by atoms with Gasteiger partial charge in [0.15, 0.2) is 5.96 Å². The maximum Gasteiger partial charge on any atom is 0.193 e. The maximum absolute atomic E-state index is 12.1. The number of benzene rings is 2. The minimum absolute atomic E-state index is 0.304. The summed E-state index contributed by atoms with van der Waals surface area (Å²) in [6.45, 7) is 0.890. The summed E-state index contributed by atoms with van der Waals surface area (Å²) in [5.41, 5.74) is 7.76. The smallest absolute Gasteiger partial charge is 0.193 e. The van der Waals surface area contributed by atoms with Crippen LogP contribution in [0.15, 0.2) is 64.5 Å². The Morgan fingerprint density at radius 1 is 1.17 bits per heavy atom. The van der Waals surface area contributed by atoms with Gasteiger partial charge >= 0.3 is 0 Å². The van der Waals surface area contributed by atoms with Crippen molar-refractivity contribution >= 4 is 22.4 Å². The monoisotopic (exact) mass is 331 g/mol. The van der Waals surface area contributed by atoms with Gasteiger partial charge in [0.2, 0.25) is 0 Å². The second-order valence-electron chi connectivity index (χ2n) is 4.84. The Labute approximate surface area is 139 Å². The molecule has 0 bridgehead atoms. The number of aliphatic imine (C=N–C) groups is 1. The van der Waals surface area contributed by atoms with Crippen LogP contribution in [0.3, 0.4) is 0 Å². The molecule has 0 fully saturated rings. The zero-order valence-electron chi connectivity index (χ0n) is 13.1. The van der Waals surface area contributed by atoms with Crippen LogP contribution in [-0.4, -0.2) is 29.6 Å². The molecular formula is C17H21N3O2S. The molecule has 2 rings (SSSR count). The SMILES string of the molecule is COCc1ccccc1NC(N)=NCCS(=O)c1ccccc1. The number of para-hydroxylation sites is 1. The van der Waals surface area contributed by atoms with Crippen molar-refractivity contribution in [1.29, 1.82) is 0 Å². The van der Waals surface area contributed by atoms with Crippen molar-refractivity contribution in [2.24, 2.45) is 10.7 Å². The standard InChI is InChI=1S/C17H21N3O2S/c1-22-13-14-7-5-6-10-16(14)20-17(18)19-11-12-23(21)15-8-3-2-4-9-15/h2-10H,11-13H2,1H3,(H3,18,19,20). The quantitative estimate of drug-likeness (QED) is 0.603. The number of nitrogens with one attached hydrogen (secondary N) is 1. The Balaban J connectivity index is 1.90. The lowest BCUT2D eigenvalue weighted by molar-refractivity contribution is 0.185. The Bertz CT molecular complexity index is 675. The van der Waals surface area contributed by atoms with E-state index in [0.717, 1.165) is 16.1 Å². The Kier molecular flexibility index (Phi) is 6.77. The molecule has 3 N–H and O–H groups in total. The second-order valence-corrected chi connectivity index (χ2v) is 6.42. The second kappa shape index (κ2) is 9.07. The van der Waals surface area contributed by atoms with E-state index in [0.29, 0.717) is 24.9 Å². The lowest BCUT2D eigenvalue weighted by atomic mass is 10.2. The van der Waals surface area contributed by atoms with Crippen molar-refractivity contribution in [3.63, 3.8) is 0 Å². The molecule has 5 nitrogen and oxygen atoms in total. The molecule has 0 aliphatic carbocycles. The van der Waals surface area contributed by atoms with E-state index in [9.17, 15) is 4.21 Å². The first-order chi connectivity index (χ1) is 11.2. The highest BCUT2D eigenvalue weighted by Crippen LogP contribution is 2.15. The number of methoxy groups -OCH3 is 1. The summed E-state index contributed by atoms with van der Waals surface area (Å²) in [5, 5.41) is 3.06. The highest BCUT2D eigenvalue weighted by atomic mass is 32.2. The number of rotatable bonds is 7. The molecule has 6 heteroatoms. The number of hydrogen-bond acceptors (Lipinski definition) is 3. The summed E-state index contributed by atoms with van der Waals surface area (Å²) in [6, 6.07) is 17.1. The fourth-order valence-electron chi connectivity index (χ4n) is 2.04. The molecule has 0 aromatic heterocycles. The third-order valence-corrected chi connectivity index (χ3v) is 4.50. The van der Waals surface area contributed by atoms with Gasteiger partial charge in [-0.15, -0.1) is 0 Å². The van der Waals surface area contributed by atoms with E-state index in [1.807, 2.05) is 54.6 Å². The van der Waals surface area contributed by atoms with Crippen molar-refractivity contribution in [2.45, 2.75) is 11.5 Å². The summed E-state index contributed by atoms with van der Waals surface area (Å²) >= 11 is 0. The van der Waals surface area contributed by atoms with Gasteiger partial charge in [-0.1, -0.05) is 36.4 Å². The van der Waals surface area contributed by atoms with Crippen LogP contribution in [0, 0.1) is 0 Å². The van der Waals surface area contributed by atoms with Gasteiger partial charge in [-0.3, -0.25) is 9.20 Å². The van der Waals surface area contributed by atoms with E-state index < -0.39 is 10.8 Å². The Morgan fingerprint density at radius 2 is 1.87 bits per heavy atom. The summed E-state index contributed by atoms with van der Waals surface area (Å²) in [5.74, 6) is 0.741. The number of nitrogens with zero attached hydrogens (tertiary/aromatic N) is 1. The minimum atomic E-state index is -1.06. The normalized spacial score (nSPS) is 12.8. The third-order valence-electron chi connectivity index (χ3n) is 3.14. The molecule has 0 radical (unpaired) electrons. The lowest BCUT2D eigenvalue weighted by Crippen LogP contribution is -2.24. The molecule has 0 spiro atoms. The minimum Gasteiger partial charge on any atom is -0.380 e. The Morgan fingerprint density at radius 3 is 2.61 bits per heavy atom. The average molecular weight is 331 g/mol. The summed E-state index contributed by atoms with van der Waals surface area (Å²) < 4.78 is 17.2. The molecule has 0 saturated heterocycles. The van der Waals surface area contributed by atoms with Crippen LogP contribution < -0.4 is 11.1 Å². The zero-order chi connectivity index (χ0) is 16.5. The molecule has 0 saturated carbocycles.